The lowest BCUT2D eigenvalue weighted by atomic mass is 10.1. The minimum Gasteiger partial charge on any atom is -0.496 e. The maximum Gasteiger partial charge on any atom is 0.227 e. The number of halogens is 1. The Morgan fingerprint density at radius 3 is 2.26 bits per heavy atom. The van der Waals surface area contributed by atoms with E-state index < -0.39 is 0 Å². The highest BCUT2D eigenvalue weighted by atomic mass is 19.1. The summed E-state index contributed by atoms with van der Waals surface area (Å²) in [5.41, 5.74) is 5.28. The standard InChI is InChI=1S/C29H29FN6O3/c1-35(2)17-18-11-13-36-25(14-18)33-26(19-6-8-20(30)9-7-19)28(36)22-10-12-31-29(32-22)34-27-23(38-4)15-21(37-3)16-24(27)39-5/h6-16H,17H2,1-5H3,(H,31,32,34). The molecule has 0 aliphatic carbocycles. The van der Waals surface area contributed by atoms with Crippen LogP contribution in [0.5, 0.6) is 17.2 Å². The first-order valence-electron chi connectivity index (χ1n) is 12.2. The molecule has 0 saturated carbocycles. The third kappa shape index (κ3) is 5.32. The summed E-state index contributed by atoms with van der Waals surface area (Å²) < 4.78 is 32.2. The van der Waals surface area contributed by atoms with Gasteiger partial charge < -0.3 is 24.4 Å². The van der Waals surface area contributed by atoms with E-state index in [0.717, 1.165) is 29.0 Å². The molecule has 0 unspecified atom stereocenters. The number of hydrogen-bond acceptors (Lipinski definition) is 8. The Hall–Kier alpha value is -4.70. The smallest absolute Gasteiger partial charge is 0.227 e. The number of pyridine rings is 1. The Kier molecular flexibility index (Phi) is 7.29. The quantitative estimate of drug-likeness (QED) is 0.271. The fourth-order valence-corrected chi connectivity index (χ4v) is 4.40. The third-order valence-corrected chi connectivity index (χ3v) is 6.16. The molecule has 0 fully saturated rings. The number of nitrogens with zero attached hydrogens (tertiary/aromatic N) is 5. The molecular formula is C29H29FN6O3. The van der Waals surface area contributed by atoms with Crippen LogP contribution in [0.4, 0.5) is 16.0 Å². The van der Waals surface area contributed by atoms with Gasteiger partial charge in [-0.2, -0.15) is 0 Å². The van der Waals surface area contributed by atoms with E-state index >= 15 is 0 Å². The first-order valence-corrected chi connectivity index (χ1v) is 12.2. The van der Waals surface area contributed by atoms with E-state index in [2.05, 4.69) is 21.3 Å². The van der Waals surface area contributed by atoms with Gasteiger partial charge in [0, 0.05) is 36.6 Å². The van der Waals surface area contributed by atoms with Gasteiger partial charge in [-0.05, 0) is 62.1 Å². The summed E-state index contributed by atoms with van der Waals surface area (Å²) in [4.78, 5) is 16.3. The van der Waals surface area contributed by atoms with Crippen molar-refractivity contribution >= 4 is 17.3 Å². The van der Waals surface area contributed by atoms with Crippen LogP contribution in [0.2, 0.25) is 0 Å². The summed E-state index contributed by atoms with van der Waals surface area (Å²) >= 11 is 0. The predicted octanol–water partition coefficient (Wildman–Crippen LogP) is 5.43. The van der Waals surface area contributed by atoms with Crippen LogP contribution in [-0.2, 0) is 6.54 Å². The fraction of sp³-hybridized carbons (Fsp3) is 0.207. The lowest BCUT2D eigenvalue weighted by Crippen LogP contribution is -2.10. The molecule has 39 heavy (non-hydrogen) atoms. The summed E-state index contributed by atoms with van der Waals surface area (Å²) in [6.45, 7) is 0.775. The molecule has 0 radical (unpaired) electrons. The van der Waals surface area contributed by atoms with E-state index in [1.807, 2.05) is 36.8 Å². The van der Waals surface area contributed by atoms with E-state index in [1.165, 1.54) is 12.1 Å². The molecule has 0 bridgehead atoms. The van der Waals surface area contributed by atoms with Crippen molar-refractivity contribution in [3.8, 4) is 39.9 Å². The molecule has 5 rings (SSSR count). The largest absolute Gasteiger partial charge is 0.496 e. The Bertz CT molecular complexity index is 1590. The molecule has 0 amide bonds. The molecule has 3 aromatic heterocycles. The van der Waals surface area contributed by atoms with Crippen LogP contribution in [0.25, 0.3) is 28.3 Å². The van der Waals surface area contributed by atoms with Crippen LogP contribution < -0.4 is 19.5 Å². The zero-order chi connectivity index (χ0) is 27.5. The second-order valence-corrected chi connectivity index (χ2v) is 9.11. The first kappa shape index (κ1) is 25.9. The highest BCUT2D eigenvalue weighted by Gasteiger charge is 2.20. The van der Waals surface area contributed by atoms with Crippen molar-refractivity contribution in [3.05, 3.63) is 78.4 Å². The number of benzene rings is 2. The summed E-state index contributed by atoms with van der Waals surface area (Å²) in [6.07, 6.45) is 3.65. The van der Waals surface area contributed by atoms with Gasteiger partial charge in [0.15, 0.2) is 0 Å². The average Bonchev–Trinajstić information content (AvgIpc) is 3.32. The third-order valence-electron chi connectivity index (χ3n) is 6.16. The summed E-state index contributed by atoms with van der Waals surface area (Å²) in [5, 5.41) is 3.23. The average molecular weight is 529 g/mol. The van der Waals surface area contributed by atoms with Crippen molar-refractivity contribution < 1.29 is 18.6 Å². The highest BCUT2D eigenvalue weighted by molar-refractivity contribution is 5.81. The first-order chi connectivity index (χ1) is 18.9. The van der Waals surface area contributed by atoms with Gasteiger partial charge in [0.25, 0.3) is 0 Å². The Morgan fingerprint density at radius 1 is 0.897 bits per heavy atom. The topological polar surface area (TPSA) is 86.0 Å². The van der Waals surface area contributed by atoms with Crippen molar-refractivity contribution in [2.24, 2.45) is 0 Å². The Labute approximate surface area is 225 Å². The number of hydrogen-bond donors (Lipinski definition) is 1. The molecule has 0 aliphatic rings. The van der Waals surface area contributed by atoms with Gasteiger partial charge in [-0.3, -0.25) is 4.40 Å². The molecule has 1 N–H and O–H groups in total. The van der Waals surface area contributed by atoms with Gasteiger partial charge >= 0.3 is 0 Å². The van der Waals surface area contributed by atoms with Crippen LogP contribution in [0, 0.1) is 5.82 Å². The van der Waals surface area contributed by atoms with Gasteiger partial charge in [-0.25, -0.2) is 19.3 Å². The molecule has 0 aliphatic heterocycles. The second kappa shape index (κ2) is 11.0. The SMILES string of the molecule is COc1cc(OC)c(Nc2nccc(-c3c(-c4ccc(F)cc4)nc4cc(CN(C)C)ccn34)n2)c(OC)c1. The molecule has 200 valence electrons. The number of ether oxygens (including phenoxy) is 3. The molecule has 0 spiro atoms. The number of aromatic nitrogens is 4. The number of imidazole rings is 1. The van der Waals surface area contributed by atoms with Gasteiger partial charge in [0.1, 0.15) is 34.4 Å². The monoisotopic (exact) mass is 528 g/mol. The van der Waals surface area contributed by atoms with Crippen LogP contribution in [0.3, 0.4) is 0 Å². The van der Waals surface area contributed by atoms with E-state index in [0.29, 0.717) is 40.3 Å². The zero-order valence-electron chi connectivity index (χ0n) is 22.4. The molecular weight excluding hydrogens is 499 g/mol. The normalized spacial score (nSPS) is 11.2. The maximum atomic E-state index is 13.7. The van der Waals surface area contributed by atoms with E-state index in [1.54, 1.807) is 51.8 Å². The fourth-order valence-electron chi connectivity index (χ4n) is 4.40. The number of rotatable bonds is 9. The number of nitrogens with one attached hydrogen (secondary N) is 1. The Balaban J connectivity index is 1.63. The number of methoxy groups -OCH3 is 3. The van der Waals surface area contributed by atoms with Crippen molar-refractivity contribution in [3.63, 3.8) is 0 Å². The molecule has 3 heterocycles. The van der Waals surface area contributed by atoms with Crippen molar-refractivity contribution in [1.82, 2.24) is 24.3 Å². The van der Waals surface area contributed by atoms with Crippen molar-refractivity contribution in [2.45, 2.75) is 6.54 Å². The minimum absolute atomic E-state index is 0.312. The van der Waals surface area contributed by atoms with Gasteiger partial charge in [0.2, 0.25) is 5.95 Å². The van der Waals surface area contributed by atoms with Gasteiger partial charge in [-0.15, -0.1) is 0 Å². The van der Waals surface area contributed by atoms with Crippen LogP contribution >= 0.6 is 0 Å². The predicted molar refractivity (Wildman–Crippen MR) is 148 cm³/mol. The van der Waals surface area contributed by atoms with Crippen LogP contribution in [0.15, 0.2) is 67.0 Å². The van der Waals surface area contributed by atoms with Crippen LogP contribution in [-0.4, -0.2) is 59.7 Å². The lowest BCUT2D eigenvalue weighted by molar-refractivity contribution is 0.378. The van der Waals surface area contributed by atoms with Gasteiger partial charge in [-0.1, -0.05) is 0 Å². The molecule has 10 heteroatoms. The molecule has 5 aromatic rings. The van der Waals surface area contributed by atoms with Crippen molar-refractivity contribution in [1.29, 1.82) is 0 Å². The van der Waals surface area contributed by atoms with Crippen LogP contribution in [0.1, 0.15) is 5.56 Å². The lowest BCUT2D eigenvalue weighted by Gasteiger charge is -2.16. The summed E-state index contributed by atoms with van der Waals surface area (Å²) in [6, 6.07) is 15.7. The minimum atomic E-state index is -0.312. The highest BCUT2D eigenvalue weighted by Crippen LogP contribution is 2.40. The second-order valence-electron chi connectivity index (χ2n) is 9.11. The number of fused-ring (bicyclic) bond motifs is 1. The Morgan fingerprint density at radius 2 is 1.62 bits per heavy atom. The summed E-state index contributed by atoms with van der Waals surface area (Å²) in [5.74, 6) is 1.63. The van der Waals surface area contributed by atoms with E-state index in [9.17, 15) is 4.39 Å². The maximum absolute atomic E-state index is 13.7. The number of anilines is 2. The molecule has 9 nitrogen and oxygen atoms in total. The molecule has 0 atom stereocenters. The zero-order valence-corrected chi connectivity index (χ0v) is 22.4. The summed E-state index contributed by atoms with van der Waals surface area (Å²) in [7, 11) is 8.75. The van der Waals surface area contributed by atoms with E-state index in [-0.39, 0.29) is 5.82 Å². The van der Waals surface area contributed by atoms with E-state index in [4.69, 9.17) is 24.2 Å². The molecule has 0 saturated heterocycles. The van der Waals surface area contributed by atoms with Crippen molar-refractivity contribution in [2.75, 3.05) is 40.7 Å². The molecule has 2 aromatic carbocycles. The van der Waals surface area contributed by atoms with Gasteiger partial charge in [0.05, 0.1) is 38.4 Å².